The van der Waals surface area contributed by atoms with Gasteiger partial charge in [0, 0.05) is 7.11 Å². The number of carbonyl (C=O) groups is 1. The molecule has 0 fully saturated rings. The van der Waals surface area contributed by atoms with E-state index in [4.69, 9.17) is 4.74 Å². The van der Waals surface area contributed by atoms with Gasteiger partial charge < -0.3 is 14.8 Å². The summed E-state index contributed by atoms with van der Waals surface area (Å²) >= 11 is 0. The third-order valence-electron chi connectivity index (χ3n) is 1.25. The lowest BCUT2D eigenvalue weighted by Crippen LogP contribution is -2.41. The van der Waals surface area contributed by atoms with Crippen LogP contribution in [0, 0.1) is 0 Å². The van der Waals surface area contributed by atoms with Gasteiger partial charge in [-0.05, 0) is 20.8 Å². The molecule has 0 saturated heterocycles. The van der Waals surface area contributed by atoms with Crippen LogP contribution in [0.2, 0.25) is 0 Å². The van der Waals surface area contributed by atoms with Gasteiger partial charge in [-0.2, -0.15) is 0 Å². The minimum Gasteiger partial charge on any atom is -0.444 e. The standard InChI is InChI=1S/C9H17F2NO3/c1-8(2,3)15-7(13)12-5-9(10,11)6-14-4/h5-6H2,1-4H3,(H,12,13). The van der Waals surface area contributed by atoms with E-state index in [-0.39, 0.29) is 0 Å². The third-order valence-corrected chi connectivity index (χ3v) is 1.25. The lowest BCUT2D eigenvalue weighted by molar-refractivity contribution is -0.0625. The minimum absolute atomic E-state index is 0.694. The van der Waals surface area contributed by atoms with Gasteiger partial charge in [0.05, 0.1) is 6.54 Å². The zero-order chi connectivity index (χ0) is 12.1. The number of ether oxygens (including phenoxy) is 2. The first-order valence-electron chi connectivity index (χ1n) is 4.50. The number of alkyl carbamates (subject to hydrolysis) is 1. The van der Waals surface area contributed by atoms with Crippen molar-refractivity contribution in [3.63, 3.8) is 0 Å². The first-order valence-corrected chi connectivity index (χ1v) is 4.50. The van der Waals surface area contributed by atoms with Crippen molar-refractivity contribution in [1.29, 1.82) is 0 Å². The maximum absolute atomic E-state index is 12.8. The van der Waals surface area contributed by atoms with E-state index in [0.717, 1.165) is 0 Å². The molecule has 4 nitrogen and oxygen atoms in total. The van der Waals surface area contributed by atoms with Gasteiger partial charge in [-0.15, -0.1) is 0 Å². The van der Waals surface area contributed by atoms with Crippen molar-refractivity contribution in [3.8, 4) is 0 Å². The SMILES string of the molecule is COCC(F)(F)CNC(=O)OC(C)(C)C. The zero-order valence-corrected chi connectivity index (χ0v) is 9.39. The molecule has 0 spiro atoms. The highest BCUT2D eigenvalue weighted by molar-refractivity contribution is 5.67. The number of halogens is 2. The first kappa shape index (κ1) is 14.1. The zero-order valence-electron chi connectivity index (χ0n) is 9.39. The molecule has 0 aliphatic carbocycles. The number of carbonyl (C=O) groups excluding carboxylic acids is 1. The molecule has 1 N–H and O–H groups in total. The van der Waals surface area contributed by atoms with E-state index >= 15 is 0 Å². The molecule has 0 bridgehead atoms. The smallest absolute Gasteiger partial charge is 0.407 e. The maximum Gasteiger partial charge on any atom is 0.407 e. The molecule has 6 heteroatoms. The summed E-state index contributed by atoms with van der Waals surface area (Å²) in [7, 11) is 1.17. The largest absolute Gasteiger partial charge is 0.444 e. The highest BCUT2D eigenvalue weighted by atomic mass is 19.3. The quantitative estimate of drug-likeness (QED) is 0.793. The van der Waals surface area contributed by atoms with E-state index < -0.39 is 30.8 Å². The monoisotopic (exact) mass is 225 g/mol. The van der Waals surface area contributed by atoms with Gasteiger partial charge in [-0.1, -0.05) is 0 Å². The molecule has 0 aromatic rings. The van der Waals surface area contributed by atoms with E-state index in [1.54, 1.807) is 20.8 Å². The maximum atomic E-state index is 12.8. The van der Waals surface area contributed by atoms with E-state index in [1.807, 2.05) is 5.32 Å². The molecule has 0 atom stereocenters. The number of rotatable bonds is 4. The minimum atomic E-state index is -3.08. The van der Waals surface area contributed by atoms with Crippen molar-refractivity contribution in [2.45, 2.75) is 32.3 Å². The van der Waals surface area contributed by atoms with Crippen molar-refractivity contribution >= 4 is 6.09 Å². The molecule has 0 aromatic heterocycles. The van der Waals surface area contributed by atoms with E-state index in [0.29, 0.717) is 0 Å². The van der Waals surface area contributed by atoms with Crippen molar-refractivity contribution in [2.75, 3.05) is 20.3 Å². The summed E-state index contributed by atoms with van der Waals surface area (Å²) < 4.78 is 34.7. The molecule has 0 rings (SSSR count). The Labute approximate surface area is 87.9 Å². The summed E-state index contributed by atoms with van der Waals surface area (Å²) in [5.41, 5.74) is -0.694. The molecule has 0 aromatic carbocycles. The number of amides is 1. The van der Waals surface area contributed by atoms with Gasteiger partial charge in [-0.25, -0.2) is 13.6 Å². The summed E-state index contributed by atoms with van der Waals surface area (Å²) in [6, 6.07) is 0. The van der Waals surface area contributed by atoms with Crippen LogP contribution in [0.3, 0.4) is 0 Å². The summed E-state index contributed by atoms with van der Waals surface area (Å²) in [5.74, 6) is -3.08. The molecule has 0 heterocycles. The molecule has 0 radical (unpaired) electrons. The Bertz CT molecular complexity index is 214. The van der Waals surface area contributed by atoms with Gasteiger partial charge in [0.25, 0.3) is 5.92 Å². The number of alkyl halides is 2. The van der Waals surface area contributed by atoms with Gasteiger partial charge in [0.2, 0.25) is 0 Å². The summed E-state index contributed by atoms with van der Waals surface area (Å²) in [6.07, 6.45) is -0.863. The molecule has 0 unspecified atom stereocenters. The van der Waals surface area contributed by atoms with Crippen LogP contribution in [0.1, 0.15) is 20.8 Å². The van der Waals surface area contributed by atoms with Crippen LogP contribution in [0.4, 0.5) is 13.6 Å². The molecule has 0 aliphatic rings. The van der Waals surface area contributed by atoms with Crippen LogP contribution >= 0.6 is 0 Å². The Hall–Kier alpha value is -0.910. The first-order chi connectivity index (χ1) is 6.66. The summed E-state index contributed by atoms with van der Waals surface area (Å²) in [4.78, 5) is 11.0. The lowest BCUT2D eigenvalue weighted by atomic mass is 10.2. The molecular weight excluding hydrogens is 208 g/mol. The Morgan fingerprint density at radius 1 is 1.33 bits per heavy atom. The highest BCUT2D eigenvalue weighted by Gasteiger charge is 2.30. The Balaban J connectivity index is 3.90. The fraction of sp³-hybridized carbons (Fsp3) is 0.889. The van der Waals surface area contributed by atoms with E-state index in [9.17, 15) is 13.6 Å². The summed E-state index contributed by atoms with van der Waals surface area (Å²) in [6.45, 7) is 3.43. The number of nitrogens with one attached hydrogen (secondary N) is 1. The van der Waals surface area contributed by atoms with E-state index in [1.165, 1.54) is 7.11 Å². The fourth-order valence-corrected chi connectivity index (χ4v) is 0.778. The van der Waals surface area contributed by atoms with Crippen LogP contribution in [0.5, 0.6) is 0 Å². The molecule has 0 aliphatic heterocycles. The normalized spacial score (nSPS) is 12.4. The Morgan fingerprint density at radius 3 is 2.27 bits per heavy atom. The van der Waals surface area contributed by atoms with Gasteiger partial charge in [-0.3, -0.25) is 0 Å². The van der Waals surface area contributed by atoms with Crippen molar-refractivity contribution in [3.05, 3.63) is 0 Å². The average Bonchev–Trinajstić information content (AvgIpc) is 1.98. The highest BCUT2D eigenvalue weighted by Crippen LogP contribution is 2.12. The van der Waals surface area contributed by atoms with Crippen molar-refractivity contribution < 1.29 is 23.0 Å². The average molecular weight is 225 g/mol. The van der Waals surface area contributed by atoms with Crippen LogP contribution in [-0.2, 0) is 9.47 Å². The molecule has 1 amide bonds. The Kier molecular flexibility index (Phi) is 4.93. The number of hydrogen-bond acceptors (Lipinski definition) is 3. The predicted molar refractivity (Wildman–Crippen MR) is 51.1 cm³/mol. The number of hydrogen-bond donors (Lipinski definition) is 1. The van der Waals surface area contributed by atoms with Crippen LogP contribution in [0.25, 0.3) is 0 Å². The lowest BCUT2D eigenvalue weighted by Gasteiger charge is -2.21. The van der Waals surface area contributed by atoms with Crippen LogP contribution in [-0.4, -0.2) is 37.9 Å². The van der Waals surface area contributed by atoms with Crippen molar-refractivity contribution in [1.82, 2.24) is 5.32 Å². The molecule has 90 valence electrons. The number of methoxy groups -OCH3 is 1. The predicted octanol–water partition coefficient (Wildman–Crippen LogP) is 1.79. The molecule has 0 saturated carbocycles. The van der Waals surface area contributed by atoms with Gasteiger partial charge in [0.1, 0.15) is 12.2 Å². The van der Waals surface area contributed by atoms with Crippen molar-refractivity contribution in [2.24, 2.45) is 0 Å². The third kappa shape index (κ3) is 8.11. The topological polar surface area (TPSA) is 47.6 Å². The van der Waals surface area contributed by atoms with Gasteiger partial charge in [0.15, 0.2) is 0 Å². The van der Waals surface area contributed by atoms with Crippen LogP contribution in [0.15, 0.2) is 0 Å². The fourth-order valence-electron chi connectivity index (χ4n) is 0.778. The second-order valence-corrected chi connectivity index (χ2v) is 4.14. The molecular formula is C9H17F2NO3. The van der Waals surface area contributed by atoms with Crippen LogP contribution < -0.4 is 5.32 Å². The second kappa shape index (κ2) is 5.25. The second-order valence-electron chi connectivity index (χ2n) is 4.14. The summed E-state index contributed by atoms with van der Waals surface area (Å²) in [5, 5.41) is 1.97. The molecule has 15 heavy (non-hydrogen) atoms. The van der Waals surface area contributed by atoms with E-state index in [2.05, 4.69) is 4.74 Å². The van der Waals surface area contributed by atoms with Gasteiger partial charge >= 0.3 is 6.09 Å². The Morgan fingerprint density at radius 2 is 1.87 bits per heavy atom.